The predicted molar refractivity (Wildman–Crippen MR) is 100 cm³/mol. The standard InChI is InChI=1S/C20H14F3N5O/c1-12-25-26-18-10-9-17(27-28(12)18)13-5-7-16(8-6-13)24-19(29)14-3-2-4-15(11-14)20(21,22)23/h2-11H,1H3,(H,24,29). The molecule has 146 valence electrons. The zero-order valence-electron chi connectivity index (χ0n) is 15.1. The van der Waals surface area contributed by atoms with Gasteiger partial charge in [-0.15, -0.1) is 10.2 Å². The summed E-state index contributed by atoms with van der Waals surface area (Å²) in [5.74, 6) is 0.0373. The third-order valence-corrected chi connectivity index (χ3v) is 4.31. The molecule has 0 atom stereocenters. The van der Waals surface area contributed by atoms with Gasteiger partial charge in [-0.2, -0.15) is 22.8 Å². The molecule has 2 heterocycles. The van der Waals surface area contributed by atoms with Gasteiger partial charge < -0.3 is 5.32 Å². The Bertz CT molecular complexity index is 1200. The van der Waals surface area contributed by atoms with Crippen LogP contribution in [0, 0.1) is 6.92 Å². The van der Waals surface area contributed by atoms with Gasteiger partial charge in [0.2, 0.25) is 0 Å². The van der Waals surface area contributed by atoms with Crippen LogP contribution in [0.5, 0.6) is 0 Å². The molecule has 29 heavy (non-hydrogen) atoms. The maximum absolute atomic E-state index is 12.8. The van der Waals surface area contributed by atoms with E-state index in [2.05, 4.69) is 20.6 Å². The number of nitrogens with one attached hydrogen (secondary N) is 1. The molecule has 0 aliphatic heterocycles. The maximum Gasteiger partial charge on any atom is 0.416 e. The summed E-state index contributed by atoms with van der Waals surface area (Å²) < 4.78 is 40.1. The average molecular weight is 397 g/mol. The highest BCUT2D eigenvalue weighted by Crippen LogP contribution is 2.29. The van der Waals surface area contributed by atoms with Gasteiger partial charge in [-0.05, 0) is 49.4 Å². The van der Waals surface area contributed by atoms with Crippen LogP contribution in [0.15, 0.2) is 60.7 Å². The van der Waals surface area contributed by atoms with Crippen LogP contribution in [0.4, 0.5) is 18.9 Å². The van der Waals surface area contributed by atoms with Crippen LogP contribution < -0.4 is 5.32 Å². The van der Waals surface area contributed by atoms with Gasteiger partial charge in [-0.1, -0.05) is 18.2 Å². The first-order chi connectivity index (χ1) is 13.8. The van der Waals surface area contributed by atoms with E-state index >= 15 is 0 Å². The third-order valence-electron chi connectivity index (χ3n) is 4.31. The molecule has 0 saturated carbocycles. The van der Waals surface area contributed by atoms with Crippen molar-refractivity contribution in [2.24, 2.45) is 0 Å². The van der Waals surface area contributed by atoms with Gasteiger partial charge in [0.05, 0.1) is 11.3 Å². The van der Waals surface area contributed by atoms with Gasteiger partial charge in [0.15, 0.2) is 11.5 Å². The van der Waals surface area contributed by atoms with Crippen LogP contribution in [0.25, 0.3) is 16.9 Å². The Morgan fingerprint density at radius 2 is 1.76 bits per heavy atom. The number of carbonyl (C=O) groups excluding carboxylic acids is 1. The normalized spacial score (nSPS) is 11.6. The number of anilines is 1. The minimum Gasteiger partial charge on any atom is -0.322 e. The van der Waals surface area contributed by atoms with Crippen molar-refractivity contribution in [2.75, 3.05) is 5.32 Å². The highest BCUT2D eigenvalue weighted by Gasteiger charge is 2.30. The molecule has 9 heteroatoms. The Hall–Kier alpha value is -3.75. The average Bonchev–Trinajstić information content (AvgIpc) is 3.08. The van der Waals surface area contributed by atoms with E-state index in [-0.39, 0.29) is 5.56 Å². The highest BCUT2D eigenvalue weighted by molar-refractivity contribution is 6.04. The minimum atomic E-state index is -4.50. The monoisotopic (exact) mass is 397 g/mol. The Morgan fingerprint density at radius 1 is 1.00 bits per heavy atom. The summed E-state index contributed by atoms with van der Waals surface area (Å²) in [6, 6.07) is 14.7. The number of benzene rings is 2. The molecule has 4 aromatic rings. The van der Waals surface area contributed by atoms with Crippen LogP contribution in [0.1, 0.15) is 21.7 Å². The SMILES string of the molecule is Cc1nnc2ccc(-c3ccc(NC(=O)c4cccc(C(F)(F)F)c4)cc3)nn12. The quantitative estimate of drug-likeness (QED) is 0.557. The lowest BCUT2D eigenvalue weighted by atomic mass is 10.1. The molecule has 1 N–H and O–H groups in total. The van der Waals surface area contributed by atoms with E-state index in [1.165, 1.54) is 12.1 Å². The molecule has 1 amide bonds. The Morgan fingerprint density at radius 3 is 2.48 bits per heavy atom. The Labute approximate surface area is 163 Å². The molecule has 0 saturated heterocycles. The summed E-state index contributed by atoms with van der Waals surface area (Å²) in [6.07, 6.45) is -4.50. The number of halogens is 3. The number of carbonyl (C=O) groups is 1. The number of aromatic nitrogens is 4. The molecule has 4 rings (SSSR count). The molecule has 6 nitrogen and oxygen atoms in total. The van der Waals surface area contributed by atoms with E-state index in [4.69, 9.17) is 0 Å². The van der Waals surface area contributed by atoms with E-state index in [1.54, 1.807) is 47.8 Å². The third kappa shape index (κ3) is 3.79. The zero-order chi connectivity index (χ0) is 20.6. The van der Waals surface area contributed by atoms with Crippen molar-refractivity contribution in [1.29, 1.82) is 0 Å². The first-order valence-corrected chi connectivity index (χ1v) is 8.59. The number of nitrogens with zero attached hydrogens (tertiary/aromatic N) is 4. The van der Waals surface area contributed by atoms with Crippen molar-refractivity contribution >= 4 is 17.2 Å². The molecular formula is C20H14F3N5O. The summed E-state index contributed by atoms with van der Waals surface area (Å²) in [5, 5.41) is 15.0. The van der Waals surface area contributed by atoms with Gasteiger partial charge in [0.1, 0.15) is 0 Å². The molecule has 0 fully saturated rings. The van der Waals surface area contributed by atoms with Crippen LogP contribution in [0.2, 0.25) is 0 Å². The number of hydrogen-bond donors (Lipinski definition) is 1. The summed E-state index contributed by atoms with van der Waals surface area (Å²) in [6.45, 7) is 1.79. The van der Waals surface area contributed by atoms with E-state index in [9.17, 15) is 18.0 Å². The summed E-state index contributed by atoms with van der Waals surface area (Å²) >= 11 is 0. The fourth-order valence-corrected chi connectivity index (χ4v) is 2.81. The van der Waals surface area contributed by atoms with E-state index in [1.807, 2.05) is 0 Å². The van der Waals surface area contributed by atoms with Crippen molar-refractivity contribution in [3.05, 3.63) is 77.6 Å². The summed E-state index contributed by atoms with van der Waals surface area (Å²) in [5.41, 5.74) is 1.65. The summed E-state index contributed by atoms with van der Waals surface area (Å²) in [7, 11) is 0. The van der Waals surface area contributed by atoms with Crippen LogP contribution in [-0.4, -0.2) is 25.7 Å². The first-order valence-electron chi connectivity index (χ1n) is 8.59. The smallest absolute Gasteiger partial charge is 0.322 e. The lowest BCUT2D eigenvalue weighted by molar-refractivity contribution is -0.137. The number of rotatable bonds is 3. The molecule has 0 aliphatic rings. The van der Waals surface area contributed by atoms with E-state index in [0.29, 0.717) is 22.9 Å². The van der Waals surface area contributed by atoms with Crippen molar-refractivity contribution in [3.8, 4) is 11.3 Å². The van der Waals surface area contributed by atoms with Crippen molar-refractivity contribution in [2.45, 2.75) is 13.1 Å². The Kier molecular flexibility index (Phi) is 4.50. The van der Waals surface area contributed by atoms with Crippen molar-refractivity contribution in [1.82, 2.24) is 19.8 Å². The van der Waals surface area contributed by atoms with Crippen LogP contribution in [-0.2, 0) is 6.18 Å². The molecule has 0 radical (unpaired) electrons. The number of alkyl halides is 3. The topological polar surface area (TPSA) is 72.2 Å². The van der Waals surface area contributed by atoms with Gasteiger partial charge in [-0.3, -0.25) is 4.79 Å². The molecule has 0 spiro atoms. The second kappa shape index (κ2) is 7.01. The van der Waals surface area contributed by atoms with E-state index < -0.39 is 17.6 Å². The predicted octanol–water partition coefficient (Wildman–Crippen LogP) is 4.37. The number of amides is 1. The molecule has 0 bridgehead atoms. The van der Waals surface area contributed by atoms with E-state index in [0.717, 1.165) is 17.7 Å². The first kappa shape index (κ1) is 18.6. The van der Waals surface area contributed by atoms with Crippen LogP contribution >= 0.6 is 0 Å². The largest absolute Gasteiger partial charge is 0.416 e. The Balaban J connectivity index is 1.53. The number of fused-ring (bicyclic) bond motifs is 1. The molecule has 2 aromatic heterocycles. The van der Waals surface area contributed by atoms with Crippen molar-refractivity contribution < 1.29 is 18.0 Å². The fraction of sp³-hybridized carbons (Fsp3) is 0.100. The molecule has 0 aliphatic carbocycles. The maximum atomic E-state index is 12.8. The lowest BCUT2D eigenvalue weighted by Crippen LogP contribution is -2.13. The molecule has 2 aromatic carbocycles. The van der Waals surface area contributed by atoms with Gasteiger partial charge >= 0.3 is 6.18 Å². The summed E-state index contributed by atoms with van der Waals surface area (Å²) in [4.78, 5) is 12.3. The fourth-order valence-electron chi connectivity index (χ4n) is 2.81. The van der Waals surface area contributed by atoms with Gasteiger partial charge in [0.25, 0.3) is 5.91 Å². The minimum absolute atomic E-state index is 0.0703. The second-order valence-corrected chi connectivity index (χ2v) is 6.35. The number of hydrogen-bond acceptors (Lipinski definition) is 4. The van der Waals surface area contributed by atoms with Crippen LogP contribution in [0.3, 0.4) is 0 Å². The second-order valence-electron chi connectivity index (χ2n) is 6.35. The van der Waals surface area contributed by atoms with Gasteiger partial charge in [0, 0.05) is 16.8 Å². The van der Waals surface area contributed by atoms with Crippen molar-refractivity contribution in [3.63, 3.8) is 0 Å². The highest BCUT2D eigenvalue weighted by atomic mass is 19.4. The molecular weight excluding hydrogens is 383 g/mol. The lowest BCUT2D eigenvalue weighted by Gasteiger charge is -2.10. The number of aryl methyl sites for hydroxylation is 1. The molecule has 0 unspecified atom stereocenters. The van der Waals surface area contributed by atoms with Gasteiger partial charge in [-0.25, -0.2) is 0 Å². The zero-order valence-corrected chi connectivity index (χ0v) is 15.1.